The summed E-state index contributed by atoms with van der Waals surface area (Å²) in [5.41, 5.74) is 2.55. The molecule has 2 heterocycles. The summed E-state index contributed by atoms with van der Waals surface area (Å²) in [5.74, 6) is 0.737. The zero-order chi connectivity index (χ0) is 32.4. The molecule has 0 bridgehead atoms. The van der Waals surface area contributed by atoms with E-state index >= 15 is 0 Å². The largest absolute Gasteiger partial charge is 0.494 e. The van der Waals surface area contributed by atoms with Gasteiger partial charge in [-0.15, -0.1) is 5.10 Å². The van der Waals surface area contributed by atoms with E-state index in [1.54, 1.807) is 6.92 Å². The molecule has 5 atom stereocenters. The fraction of sp³-hybridized carbons (Fsp3) is 0.667. The lowest BCUT2D eigenvalue weighted by Gasteiger charge is -2.39. The molecule has 1 aromatic heterocycles. The quantitative estimate of drug-likeness (QED) is 0.0990. The molecule has 1 fully saturated rings. The van der Waals surface area contributed by atoms with Crippen molar-refractivity contribution in [1.29, 1.82) is 0 Å². The first-order valence-electron chi connectivity index (χ1n) is 14.9. The van der Waals surface area contributed by atoms with Crippen LogP contribution in [0.3, 0.4) is 0 Å². The highest BCUT2D eigenvalue weighted by molar-refractivity contribution is 5.77. The van der Waals surface area contributed by atoms with E-state index in [2.05, 4.69) is 20.8 Å². The van der Waals surface area contributed by atoms with E-state index in [4.69, 9.17) is 14.2 Å². The first kappa shape index (κ1) is 35.7. The maximum atomic E-state index is 12.0. The molecule has 0 spiro atoms. The number of aliphatic hydroxyl groups excluding tert-OH is 6. The van der Waals surface area contributed by atoms with Crippen molar-refractivity contribution in [3.63, 3.8) is 0 Å². The third-order valence-corrected chi connectivity index (χ3v) is 7.63. The van der Waals surface area contributed by atoms with Gasteiger partial charge in [0.15, 0.2) is 0 Å². The van der Waals surface area contributed by atoms with Crippen LogP contribution in [0.5, 0.6) is 11.6 Å². The zero-order valence-electron chi connectivity index (χ0n) is 25.8. The number of nitrogens with one attached hydrogen (secondary N) is 3. The van der Waals surface area contributed by atoms with E-state index in [1.165, 1.54) is 0 Å². The number of carbonyl (C=O) groups is 1. The Bertz CT molecular complexity index is 1190. The van der Waals surface area contributed by atoms with Crippen LogP contribution >= 0.6 is 0 Å². The minimum absolute atomic E-state index is 0.0804. The number of H-pyrrole nitrogens is 1. The second-order valence-corrected chi connectivity index (χ2v) is 11.8. The van der Waals surface area contributed by atoms with Gasteiger partial charge in [0, 0.05) is 30.6 Å². The Hall–Kier alpha value is -2.82. The predicted octanol–water partition coefficient (Wildman–Crippen LogP) is -0.781. The van der Waals surface area contributed by atoms with Crippen molar-refractivity contribution in [2.75, 3.05) is 39.5 Å². The molecule has 0 unspecified atom stereocenters. The normalized spacial score (nSPS) is 22.3. The van der Waals surface area contributed by atoms with Gasteiger partial charge in [-0.1, -0.05) is 19.9 Å². The lowest BCUT2D eigenvalue weighted by atomic mass is 9.96. The Morgan fingerprint density at radius 1 is 1.11 bits per heavy atom. The molecule has 44 heavy (non-hydrogen) atoms. The summed E-state index contributed by atoms with van der Waals surface area (Å²) in [6.45, 7) is 7.90. The van der Waals surface area contributed by atoms with Crippen LogP contribution in [-0.4, -0.2) is 123 Å². The van der Waals surface area contributed by atoms with Crippen LogP contribution in [0, 0.1) is 6.92 Å². The van der Waals surface area contributed by atoms with E-state index < -0.39 is 42.9 Å². The standard InChI is InChI=1S/C30H48N4O10/c1-17(2)24-21(28(34-33-24)44-29-27(41)26(40)25(39)22(14-35)43-29)13-19-6-7-20(12-18(19)3)42-11-5-9-31-10-8-23(38)32-30(4,15-36)16-37/h6-7,12,17,22,25-27,29,31,35-37,39-41H,5,8-11,13-16H2,1-4H3,(H,32,38)(H,33,34)/t22-,25-,26+,27-,29+/m1/s1. The molecule has 248 valence electrons. The lowest BCUT2D eigenvalue weighted by Crippen LogP contribution is -2.60. The predicted molar refractivity (Wildman–Crippen MR) is 159 cm³/mol. The Balaban J connectivity index is 1.53. The molecule has 1 saturated heterocycles. The second kappa shape index (κ2) is 16.5. The summed E-state index contributed by atoms with van der Waals surface area (Å²) in [6.07, 6.45) is -5.63. The van der Waals surface area contributed by atoms with Crippen LogP contribution in [0.4, 0.5) is 0 Å². The third kappa shape index (κ3) is 9.34. The van der Waals surface area contributed by atoms with Crippen LogP contribution in [0.25, 0.3) is 0 Å². The number of hydrogen-bond donors (Lipinski definition) is 9. The molecule has 2 aromatic rings. The van der Waals surface area contributed by atoms with E-state index in [0.717, 1.165) is 28.8 Å². The van der Waals surface area contributed by atoms with Crippen LogP contribution in [0.15, 0.2) is 18.2 Å². The van der Waals surface area contributed by atoms with Crippen LogP contribution in [0.2, 0.25) is 0 Å². The van der Waals surface area contributed by atoms with Gasteiger partial charge >= 0.3 is 0 Å². The number of carbonyl (C=O) groups excluding carboxylic acids is 1. The van der Waals surface area contributed by atoms with Crippen molar-refractivity contribution in [1.82, 2.24) is 20.8 Å². The average molecular weight is 625 g/mol. The molecule has 3 rings (SSSR count). The van der Waals surface area contributed by atoms with Crippen LogP contribution in [-0.2, 0) is 16.0 Å². The Labute approximate surface area is 257 Å². The van der Waals surface area contributed by atoms with Gasteiger partial charge in [-0.05, 0) is 56.0 Å². The summed E-state index contributed by atoms with van der Waals surface area (Å²) in [7, 11) is 0. The summed E-state index contributed by atoms with van der Waals surface area (Å²) >= 11 is 0. The monoisotopic (exact) mass is 624 g/mol. The van der Waals surface area contributed by atoms with E-state index in [-0.39, 0.29) is 37.3 Å². The molecule has 1 aliphatic heterocycles. The fourth-order valence-electron chi connectivity index (χ4n) is 4.77. The highest BCUT2D eigenvalue weighted by Gasteiger charge is 2.45. The molecule has 1 aliphatic rings. The highest BCUT2D eigenvalue weighted by atomic mass is 16.7. The highest BCUT2D eigenvalue weighted by Crippen LogP contribution is 2.32. The molecule has 1 aromatic carbocycles. The minimum atomic E-state index is -1.56. The number of aryl methyl sites for hydroxylation is 1. The van der Waals surface area contributed by atoms with Gasteiger partial charge in [-0.25, -0.2) is 0 Å². The molecule has 9 N–H and O–H groups in total. The van der Waals surface area contributed by atoms with Crippen molar-refractivity contribution in [3.8, 4) is 11.6 Å². The average Bonchev–Trinajstić information content (AvgIpc) is 3.40. The minimum Gasteiger partial charge on any atom is -0.494 e. The van der Waals surface area contributed by atoms with Crippen LogP contribution < -0.4 is 20.1 Å². The first-order valence-corrected chi connectivity index (χ1v) is 14.9. The molecule has 1 amide bonds. The van der Waals surface area contributed by atoms with E-state index in [9.17, 15) is 35.4 Å². The fourth-order valence-corrected chi connectivity index (χ4v) is 4.77. The Kier molecular flexibility index (Phi) is 13.4. The number of benzene rings is 1. The summed E-state index contributed by atoms with van der Waals surface area (Å²) in [6, 6.07) is 5.79. The second-order valence-electron chi connectivity index (χ2n) is 11.8. The number of nitrogens with zero attached hydrogens (tertiary/aromatic N) is 1. The summed E-state index contributed by atoms with van der Waals surface area (Å²) in [4.78, 5) is 12.0. The number of aliphatic hydroxyl groups is 6. The van der Waals surface area contributed by atoms with Gasteiger partial charge in [0.2, 0.25) is 18.1 Å². The maximum Gasteiger partial charge on any atom is 0.238 e. The van der Waals surface area contributed by atoms with E-state index in [1.807, 2.05) is 39.0 Å². The summed E-state index contributed by atoms with van der Waals surface area (Å²) < 4.78 is 17.3. The molecule has 0 saturated carbocycles. The van der Waals surface area contributed by atoms with Gasteiger partial charge < -0.3 is 55.5 Å². The van der Waals surface area contributed by atoms with Crippen molar-refractivity contribution in [2.24, 2.45) is 0 Å². The van der Waals surface area contributed by atoms with Crippen molar-refractivity contribution < 1.29 is 49.6 Å². The molecule has 14 heteroatoms. The Morgan fingerprint density at radius 2 is 1.84 bits per heavy atom. The SMILES string of the molecule is Cc1cc(OCCCNCCC(=O)NC(C)(CO)CO)ccc1Cc1c(O[C@@H]2O[C@H](CO)[C@@H](O)[C@H](O)[C@H]2O)n[nH]c1C(C)C. The topological polar surface area (TPSA) is 219 Å². The first-order chi connectivity index (χ1) is 20.9. The van der Waals surface area contributed by atoms with Gasteiger partial charge in [0.05, 0.1) is 32.0 Å². The van der Waals surface area contributed by atoms with Crippen molar-refractivity contribution in [2.45, 2.75) is 89.1 Å². The van der Waals surface area contributed by atoms with E-state index in [0.29, 0.717) is 31.9 Å². The van der Waals surface area contributed by atoms with Gasteiger partial charge in [0.25, 0.3) is 0 Å². The smallest absolute Gasteiger partial charge is 0.238 e. The summed E-state index contributed by atoms with van der Waals surface area (Å²) in [5, 5.41) is 71.8. The number of hydrogen-bond acceptors (Lipinski definition) is 12. The van der Waals surface area contributed by atoms with Gasteiger partial charge in [-0.2, -0.15) is 0 Å². The van der Waals surface area contributed by atoms with Gasteiger partial charge in [-0.3, -0.25) is 9.89 Å². The number of aromatic amines is 1. The number of aromatic nitrogens is 2. The molecule has 14 nitrogen and oxygen atoms in total. The molecule has 0 radical (unpaired) electrons. The third-order valence-electron chi connectivity index (χ3n) is 7.63. The Morgan fingerprint density at radius 3 is 2.48 bits per heavy atom. The molecular formula is C30H48N4O10. The number of rotatable bonds is 17. The molecular weight excluding hydrogens is 576 g/mol. The number of amides is 1. The molecule has 0 aliphatic carbocycles. The van der Waals surface area contributed by atoms with Crippen molar-refractivity contribution in [3.05, 3.63) is 40.6 Å². The number of ether oxygens (including phenoxy) is 3. The van der Waals surface area contributed by atoms with Crippen molar-refractivity contribution >= 4 is 5.91 Å². The lowest BCUT2D eigenvalue weighted by molar-refractivity contribution is -0.278. The van der Waals surface area contributed by atoms with Crippen LogP contribution in [0.1, 0.15) is 61.9 Å². The maximum absolute atomic E-state index is 12.0. The zero-order valence-corrected chi connectivity index (χ0v) is 25.8. The van der Waals surface area contributed by atoms with Gasteiger partial charge in [0.1, 0.15) is 30.2 Å².